The van der Waals surface area contributed by atoms with Gasteiger partial charge in [-0.1, -0.05) is 50.3 Å². The third-order valence-corrected chi connectivity index (χ3v) is 5.92. The second-order valence-electron chi connectivity index (χ2n) is 8.42. The lowest BCUT2D eigenvalue weighted by molar-refractivity contribution is -0.131. The van der Waals surface area contributed by atoms with Gasteiger partial charge in [-0.2, -0.15) is 0 Å². The van der Waals surface area contributed by atoms with Gasteiger partial charge in [-0.05, 0) is 30.4 Å². The number of nitrogens with zero attached hydrogens (tertiary/aromatic N) is 3. The van der Waals surface area contributed by atoms with Crippen LogP contribution in [0.3, 0.4) is 0 Å². The van der Waals surface area contributed by atoms with E-state index in [4.69, 9.17) is 0 Å². The number of aliphatic hydroxyl groups excluding tert-OH is 1. The zero-order valence-electron chi connectivity index (χ0n) is 17.3. The number of benzene rings is 1. The summed E-state index contributed by atoms with van der Waals surface area (Å²) in [5.74, 6) is 0.390. The summed E-state index contributed by atoms with van der Waals surface area (Å²) in [7, 11) is 0. The van der Waals surface area contributed by atoms with E-state index in [0.717, 1.165) is 52.1 Å². The molecule has 5 nitrogen and oxygen atoms in total. The van der Waals surface area contributed by atoms with Crippen molar-refractivity contribution in [2.75, 3.05) is 45.8 Å². The Bertz CT molecular complexity index is 639. The van der Waals surface area contributed by atoms with Gasteiger partial charge in [0.25, 0.3) is 0 Å². The van der Waals surface area contributed by atoms with E-state index in [2.05, 4.69) is 54.0 Å². The largest absolute Gasteiger partial charge is 0.390 e. The quantitative estimate of drug-likeness (QED) is 0.761. The van der Waals surface area contributed by atoms with Crippen molar-refractivity contribution in [2.24, 2.45) is 5.92 Å². The molecule has 1 amide bonds. The van der Waals surface area contributed by atoms with Gasteiger partial charge < -0.3 is 14.9 Å². The maximum atomic E-state index is 12.3. The van der Waals surface area contributed by atoms with E-state index in [1.807, 2.05) is 6.08 Å². The van der Waals surface area contributed by atoms with Crippen molar-refractivity contribution in [2.45, 2.75) is 38.8 Å². The maximum absolute atomic E-state index is 12.3. The van der Waals surface area contributed by atoms with Crippen molar-refractivity contribution in [3.05, 3.63) is 48.0 Å². The molecule has 3 rings (SSSR count). The molecule has 0 unspecified atom stereocenters. The van der Waals surface area contributed by atoms with Gasteiger partial charge in [0.2, 0.25) is 5.91 Å². The van der Waals surface area contributed by atoms with Crippen molar-refractivity contribution < 1.29 is 9.90 Å². The predicted molar refractivity (Wildman–Crippen MR) is 113 cm³/mol. The molecule has 2 aliphatic rings. The molecule has 0 aromatic heterocycles. The van der Waals surface area contributed by atoms with Crippen LogP contribution >= 0.6 is 0 Å². The summed E-state index contributed by atoms with van der Waals surface area (Å²) in [6, 6.07) is 10.8. The van der Waals surface area contributed by atoms with E-state index in [-0.39, 0.29) is 11.9 Å². The number of piperidine rings is 1. The van der Waals surface area contributed by atoms with E-state index in [9.17, 15) is 9.90 Å². The number of β-amino-alcohol motifs (C(OH)–C–C–N with tert-alkyl or cyclic N) is 1. The molecule has 1 N–H and O–H groups in total. The van der Waals surface area contributed by atoms with Crippen LogP contribution in [-0.4, -0.2) is 83.7 Å². The first kappa shape index (κ1) is 21.0. The number of aliphatic hydroxyl groups is 1. The fourth-order valence-corrected chi connectivity index (χ4v) is 4.18. The van der Waals surface area contributed by atoms with Gasteiger partial charge in [0.15, 0.2) is 0 Å². The first-order valence-corrected chi connectivity index (χ1v) is 10.7. The Morgan fingerprint density at radius 2 is 1.86 bits per heavy atom. The van der Waals surface area contributed by atoms with Crippen LogP contribution in [-0.2, 0) is 11.2 Å². The lowest BCUT2D eigenvalue weighted by Gasteiger charge is -2.45. The standard InChI is InChI=1S/C23H35N3O2/c1-19(2)8-9-23(28)26-13-11-21(22(27)18-26)25-16-14-24(15-17-25)12-10-20-6-4-3-5-7-20/h3-9,19,21-22,27H,10-18H2,1-2H3/b9-8+/t21-,22-/m0/s1. The molecule has 2 aliphatic heterocycles. The van der Waals surface area contributed by atoms with E-state index >= 15 is 0 Å². The summed E-state index contributed by atoms with van der Waals surface area (Å²) >= 11 is 0. The molecule has 2 saturated heterocycles. The number of carbonyl (C=O) groups excluding carboxylic acids is 1. The van der Waals surface area contributed by atoms with Gasteiger partial charge in [-0.15, -0.1) is 0 Å². The minimum Gasteiger partial charge on any atom is -0.390 e. The monoisotopic (exact) mass is 385 g/mol. The fourth-order valence-electron chi connectivity index (χ4n) is 4.18. The summed E-state index contributed by atoms with van der Waals surface area (Å²) in [5.41, 5.74) is 1.39. The molecule has 0 aliphatic carbocycles. The first-order valence-electron chi connectivity index (χ1n) is 10.7. The van der Waals surface area contributed by atoms with Gasteiger partial charge in [-0.3, -0.25) is 9.69 Å². The minimum atomic E-state index is -0.457. The Balaban J connectivity index is 1.42. The predicted octanol–water partition coefficient (Wildman–Crippen LogP) is 2.02. The van der Waals surface area contributed by atoms with Crippen LogP contribution in [0, 0.1) is 5.92 Å². The summed E-state index contributed by atoms with van der Waals surface area (Å²) in [6.45, 7) is 10.5. The number of rotatable bonds is 6. The third-order valence-electron chi connectivity index (χ3n) is 5.92. The molecular weight excluding hydrogens is 350 g/mol. The Labute approximate surface area is 169 Å². The van der Waals surface area contributed by atoms with E-state index in [1.165, 1.54) is 5.56 Å². The minimum absolute atomic E-state index is 0.0249. The lowest BCUT2D eigenvalue weighted by Crippen LogP contribution is -2.59. The van der Waals surface area contributed by atoms with Crippen LogP contribution in [0.2, 0.25) is 0 Å². The molecule has 0 bridgehead atoms. The molecule has 1 aromatic carbocycles. The summed E-state index contributed by atoms with van der Waals surface area (Å²) in [4.78, 5) is 19.0. The number of piperazine rings is 1. The Morgan fingerprint density at radius 1 is 1.14 bits per heavy atom. The number of likely N-dealkylation sites (tertiary alicyclic amines) is 1. The highest BCUT2D eigenvalue weighted by atomic mass is 16.3. The SMILES string of the molecule is CC(C)/C=C/C(=O)N1CC[C@H](N2CCN(CCc3ccccc3)CC2)[C@@H](O)C1. The number of amides is 1. The van der Waals surface area contributed by atoms with Crippen LogP contribution in [0.25, 0.3) is 0 Å². The van der Waals surface area contributed by atoms with Crippen LogP contribution in [0.5, 0.6) is 0 Å². The van der Waals surface area contributed by atoms with Crippen LogP contribution < -0.4 is 0 Å². The van der Waals surface area contributed by atoms with Crippen molar-refractivity contribution in [3.63, 3.8) is 0 Å². The topological polar surface area (TPSA) is 47.0 Å². The Morgan fingerprint density at radius 3 is 2.50 bits per heavy atom. The average Bonchev–Trinajstić information content (AvgIpc) is 2.71. The first-order chi connectivity index (χ1) is 13.5. The lowest BCUT2D eigenvalue weighted by atomic mass is 9.99. The van der Waals surface area contributed by atoms with Gasteiger partial charge in [0, 0.05) is 51.9 Å². The van der Waals surface area contributed by atoms with Crippen LogP contribution in [0.15, 0.2) is 42.5 Å². The molecule has 2 atom stereocenters. The van der Waals surface area contributed by atoms with Crippen molar-refractivity contribution in [1.29, 1.82) is 0 Å². The van der Waals surface area contributed by atoms with Gasteiger partial charge in [0.05, 0.1) is 6.10 Å². The maximum Gasteiger partial charge on any atom is 0.246 e. The van der Waals surface area contributed by atoms with E-state index in [0.29, 0.717) is 12.5 Å². The Kier molecular flexibility index (Phi) is 7.65. The smallest absolute Gasteiger partial charge is 0.246 e. The summed E-state index contributed by atoms with van der Waals surface area (Å²) < 4.78 is 0. The molecular formula is C23H35N3O2. The molecule has 1 aromatic rings. The van der Waals surface area contributed by atoms with Crippen molar-refractivity contribution >= 4 is 5.91 Å². The third kappa shape index (κ3) is 5.90. The van der Waals surface area contributed by atoms with Gasteiger partial charge in [-0.25, -0.2) is 0 Å². The number of allylic oxidation sites excluding steroid dienone is 1. The van der Waals surface area contributed by atoms with Gasteiger partial charge >= 0.3 is 0 Å². The highest BCUT2D eigenvalue weighted by Crippen LogP contribution is 2.19. The normalized spacial score (nSPS) is 24.9. The molecule has 2 fully saturated rings. The van der Waals surface area contributed by atoms with Crippen molar-refractivity contribution in [3.8, 4) is 0 Å². The average molecular weight is 386 g/mol. The van der Waals surface area contributed by atoms with Crippen LogP contribution in [0.4, 0.5) is 0 Å². The van der Waals surface area contributed by atoms with E-state index in [1.54, 1.807) is 11.0 Å². The molecule has 0 saturated carbocycles. The molecule has 28 heavy (non-hydrogen) atoms. The highest BCUT2D eigenvalue weighted by Gasteiger charge is 2.34. The van der Waals surface area contributed by atoms with Crippen LogP contribution in [0.1, 0.15) is 25.8 Å². The molecule has 0 spiro atoms. The van der Waals surface area contributed by atoms with Crippen molar-refractivity contribution in [1.82, 2.24) is 14.7 Å². The fraction of sp³-hybridized carbons (Fsp3) is 0.609. The Hall–Kier alpha value is -1.69. The molecule has 5 heteroatoms. The zero-order valence-corrected chi connectivity index (χ0v) is 17.3. The summed E-state index contributed by atoms with van der Waals surface area (Å²) in [6.07, 6.45) is 5.07. The second-order valence-corrected chi connectivity index (χ2v) is 8.42. The molecule has 0 radical (unpaired) electrons. The number of hydrogen-bond acceptors (Lipinski definition) is 4. The number of carbonyl (C=O) groups is 1. The molecule has 154 valence electrons. The number of hydrogen-bond donors (Lipinski definition) is 1. The second kappa shape index (κ2) is 10.2. The highest BCUT2D eigenvalue weighted by molar-refractivity contribution is 5.87. The zero-order chi connectivity index (χ0) is 19.9. The molecule has 2 heterocycles. The van der Waals surface area contributed by atoms with Gasteiger partial charge in [0.1, 0.15) is 0 Å². The summed E-state index contributed by atoms with van der Waals surface area (Å²) in [5, 5.41) is 10.7. The van der Waals surface area contributed by atoms with E-state index < -0.39 is 6.10 Å².